The molecule has 0 aliphatic carbocycles. The molecule has 0 atom stereocenters. The van der Waals surface area contributed by atoms with Gasteiger partial charge in [-0.05, 0) is 23.8 Å². The lowest BCUT2D eigenvalue weighted by Crippen LogP contribution is -2.49. The highest BCUT2D eigenvalue weighted by Crippen LogP contribution is 2.26. The molecule has 0 bridgehead atoms. The zero-order valence-electron chi connectivity index (χ0n) is 17.1. The summed E-state index contributed by atoms with van der Waals surface area (Å²) in [6.45, 7) is 4.16. The van der Waals surface area contributed by atoms with E-state index < -0.39 is 0 Å². The van der Waals surface area contributed by atoms with E-state index in [-0.39, 0.29) is 5.91 Å². The summed E-state index contributed by atoms with van der Waals surface area (Å²) in [5, 5.41) is 1.09. The quantitative estimate of drug-likeness (QED) is 0.696. The summed E-state index contributed by atoms with van der Waals surface area (Å²) in [5.74, 6) is 0.873. The SMILES string of the molecule is CN(Cc1ccc(N(C)C)cc1)C(=O)CN1CCN(c2ncc(Cl)cc2Cl)CC1. The van der Waals surface area contributed by atoms with E-state index in [1.807, 2.05) is 21.1 Å². The van der Waals surface area contributed by atoms with Crippen molar-refractivity contribution in [2.75, 3.05) is 63.7 Å². The highest BCUT2D eigenvalue weighted by molar-refractivity contribution is 6.36. The number of benzene rings is 1. The molecule has 1 aromatic carbocycles. The Morgan fingerprint density at radius 2 is 1.72 bits per heavy atom. The molecule has 1 saturated heterocycles. The molecule has 1 aliphatic rings. The predicted octanol–water partition coefficient (Wildman–Crippen LogP) is 3.24. The van der Waals surface area contributed by atoms with E-state index in [9.17, 15) is 4.79 Å². The molecule has 0 N–H and O–H groups in total. The number of nitrogens with zero attached hydrogens (tertiary/aromatic N) is 5. The van der Waals surface area contributed by atoms with Crippen LogP contribution in [0.4, 0.5) is 11.5 Å². The topological polar surface area (TPSA) is 42.9 Å². The van der Waals surface area contributed by atoms with E-state index in [4.69, 9.17) is 23.2 Å². The lowest BCUT2D eigenvalue weighted by Gasteiger charge is -2.36. The summed E-state index contributed by atoms with van der Waals surface area (Å²) in [7, 11) is 5.89. The Kier molecular flexibility index (Phi) is 7.22. The van der Waals surface area contributed by atoms with E-state index in [1.54, 1.807) is 17.2 Å². The molecule has 0 saturated carbocycles. The summed E-state index contributed by atoms with van der Waals surface area (Å²) < 4.78 is 0. The minimum absolute atomic E-state index is 0.123. The Morgan fingerprint density at radius 3 is 2.31 bits per heavy atom. The van der Waals surface area contributed by atoms with Crippen LogP contribution in [0.2, 0.25) is 10.0 Å². The lowest BCUT2D eigenvalue weighted by atomic mass is 10.2. The highest BCUT2D eigenvalue weighted by Gasteiger charge is 2.22. The van der Waals surface area contributed by atoms with Crippen molar-refractivity contribution in [3.05, 3.63) is 52.1 Å². The third kappa shape index (κ3) is 5.75. The maximum Gasteiger partial charge on any atom is 0.236 e. The summed E-state index contributed by atoms with van der Waals surface area (Å²) in [6.07, 6.45) is 1.61. The zero-order chi connectivity index (χ0) is 21.0. The second-order valence-electron chi connectivity index (χ2n) is 7.53. The van der Waals surface area contributed by atoms with E-state index in [1.165, 1.54) is 0 Å². The molecule has 6 nitrogen and oxygen atoms in total. The molecule has 2 aromatic rings. The Morgan fingerprint density at radius 1 is 1.07 bits per heavy atom. The van der Waals surface area contributed by atoms with Crippen LogP contribution in [0, 0.1) is 0 Å². The third-order valence-corrected chi connectivity index (χ3v) is 5.60. The number of likely N-dealkylation sites (N-methyl/N-ethyl adjacent to an activating group) is 1. The minimum atomic E-state index is 0.123. The second kappa shape index (κ2) is 9.65. The van der Waals surface area contributed by atoms with Gasteiger partial charge in [0.2, 0.25) is 5.91 Å². The van der Waals surface area contributed by atoms with Crippen molar-refractivity contribution in [2.24, 2.45) is 0 Å². The fraction of sp³-hybridized carbons (Fsp3) is 0.429. The van der Waals surface area contributed by atoms with Gasteiger partial charge in [-0.15, -0.1) is 0 Å². The van der Waals surface area contributed by atoms with Crippen LogP contribution in [0.15, 0.2) is 36.5 Å². The van der Waals surface area contributed by atoms with Gasteiger partial charge in [-0.3, -0.25) is 9.69 Å². The Labute approximate surface area is 182 Å². The van der Waals surface area contributed by atoms with E-state index >= 15 is 0 Å². The molecular formula is C21H27Cl2N5O. The van der Waals surface area contributed by atoms with Crippen LogP contribution >= 0.6 is 23.2 Å². The van der Waals surface area contributed by atoms with Crippen LogP contribution in [0.1, 0.15) is 5.56 Å². The Balaban J connectivity index is 1.48. The standard InChI is InChI=1S/C21H27Cl2N5O/c1-25(2)18-6-4-16(5-7-18)14-26(3)20(29)15-27-8-10-28(11-9-27)21-19(23)12-17(22)13-24-21/h4-7,12-13H,8-11,14-15H2,1-3H3. The fourth-order valence-corrected chi connectivity index (χ4v) is 3.83. The van der Waals surface area contributed by atoms with E-state index in [0.717, 1.165) is 43.2 Å². The number of piperazine rings is 1. The minimum Gasteiger partial charge on any atom is -0.378 e. The molecule has 0 spiro atoms. The number of aromatic nitrogens is 1. The number of pyridine rings is 1. The van der Waals surface area contributed by atoms with E-state index in [0.29, 0.717) is 23.1 Å². The van der Waals surface area contributed by atoms with Gasteiger partial charge in [0.05, 0.1) is 16.6 Å². The van der Waals surface area contributed by atoms with Crippen LogP contribution < -0.4 is 9.80 Å². The van der Waals surface area contributed by atoms with Crippen molar-refractivity contribution in [3.8, 4) is 0 Å². The van der Waals surface area contributed by atoms with Gasteiger partial charge in [0.15, 0.2) is 0 Å². The van der Waals surface area contributed by atoms with Crippen molar-refractivity contribution >= 4 is 40.6 Å². The van der Waals surface area contributed by atoms with Crippen molar-refractivity contribution in [2.45, 2.75) is 6.54 Å². The van der Waals surface area contributed by atoms with Gasteiger partial charge in [-0.1, -0.05) is 35.3 Å². The van der Waals surface area contributed by atoms with Gasteiger partial charge in [-0.25, -0.2) is 4.98 Å². The van der Waals surface area contributed by atoms with Crippen LogP contribution in [0.25, 0.3) is 0 Å². The van der Waals surface area contributed by atoms with Gasteiger partial charge in [0, 0.05) is 65.8 Å². The second-order valence-corrected chi connectivity index (χ2v) is 8.38. The number of amides is 1. The molecule has 1 aliphatic heterocycles. The molecule has 0 radical (unpaired) electrons. The first-order chi connectivity index (χ1) is 13.8. The Bertz CT molecular complexity index is 835. The molecule has 2 heterocycles. The molecule has 29 heavy (non-hydrogen) atoms. The maximum absolute atomic E-state index is 12.6. The first-order valence-electron chi connectivity index (χ1n) is 9.62. The first kappa shape index (κ1) is 21.7. The van der Waals surface area contributed by atoms with Gasteiger partial charge in [-0.2, -0.15) is 0 Å². The van der Waals surface area contributed by atoms with Crippen molar-refractivity contribution in [1.82, 2.24) is 14.8 Å². The summed E-state index contributed by atoms with van der Waals surface area (Å²) in [4.78, 5) is 25.1. The zero-order valence-corrected chi connectivity index (χ0v) is 18.6. The number of rotatable bonds is 6. The Hall–Kier alpha value is -2.02. The van der Waals surface area contributed by atoms with E-state index in [2.05, 4.69) is 43.9 Å². The largest absolute Gasteiger partial charge is 0.378 e. The van der Waals surface area contributed by atoms with Crippen LogP contribution in [-0.2, 0) is 11.3 Å². The van der Waals surface area contributed by atoms with Crippen LogP contribution in [-0.4, -0.2) is 74.6 Å². The fourth-order valence-electron chi connectivity index (χ4n) is 3.33. The van der Waals surface area contributed by atoms with Crippen molar-refractivity contribution in [1.29, 1.82) is 0 Å². The normalized spacial score (nSPS) is 14.7. The molecule has 1 amide bonds. The van der Waals surface area contributed by atoms with Crippen molar-refractivity contribution in [3.63, 3.8) is 0 Å². The number of carbonyl (C=O) groups excluding carboxylic acids is 1. The summed E-state index contributed by atoms with van der Waals surface area (Å²) in [5.41, 5.74) is 2.27. The number of hydrogen-bond donors (Lipinski definition) is 0. The van der Waals surface area contributed by atoms with Gasteiger partial charge in [0.25, 0.3) is 0 Å². The molecule has 1 aromatic heterocycles. The van der Waals surface area contributed by atoms with Crippen LogP contribution in [0.3, 0.4) is 0 Å². The molecule has 1 fully saturated rings. The molecular weight excluding hydrogens is 409 g/mol. The third-order valence-electron chi connectivity index (χ3n) is 5.12. The maximum atomic E-state index is 12.6. The molecule has 0 unspecified atom stereocenters. The monoisotopic (exact) mass is 435 g/mol. The summed E-state index contributed by atoms with van der Waals surface area (Å²) in [6, 6.07) is 9.99. The van der Waals surface area contributed by atoms with Crippen molar-refractivity contribution < 1.29 is 4.79 Å². The van der Waals surface area contributed by atoms with Gasteiger partial charge in [0.1, 0.15) is 5.82 Å². The predicted molar refractivity (Wildman–Crippen MR) is 120 cm³/mol. The number of anilines is 2. The highest BCUT2D eigenvalue weighted by atomic mass is 35.5. The van der Waals surface area contributed by atoms with Crippen LogP contribution in [0.5, 0.6) is 0 Å². The molecule has 8 heteroatoms. The lowest BCUT2D eigenvalue weighted by molar-refractivity contribution is -0.131. The molecule has 3 rings (SSSR count). The number of hydrogen-bond acceptors (Lipinski definition) is 5. The van der Waals surface area contributed by atoms with Gasteiger partial charge < -0.3 is 14.7 Å². The average Bonchev–Trinajstić information content (AvgIpc) is 2.69. The molecule has 156 valence electrons. The number of halogens is 2. The van der Waals surface area contributed by atoms with Gasteiger partial charge >= 0.3 is 0 Å². The smallest absolute Gasteiger partial charge is 0.236 e. The summed E-state index contributed by atoms with van der Waals surface area (Å²) >= 11 is 12.2. The number of carbonyl (C=O) groups is 1. The first-order valence-corrected chi connectivity index (χ1v) is 10.4. The average molecular weight is 436 g/mol.